The number of hydrogen-bond acceptors (Lipinski definition) is 3. The lowest BCUT2D eigenvalue weighted by molar-refractivity contribution is -0.140. The van der Waals surface area contributed by atoms with E-state index in [9.17, 15) is 30.7 Å². The van der Waals surface area contributed by atoms with Crippen LogP contribution in [0.25, 0.3) is 0 Å². The first-order valence-corrected chi connectivity index (χ1v) is 7.79. The van der Waals surface area contributed by atoms with Crippen LogP contribution in [-0.4, -0.2) is 18.0 Å². The van der Waals surface area contributed by atoms with Gasteiger partial charge in [-0.1, -0.05) is 0 Å². The largest absolute Gasteiger partial charge is 0.434 e. The molecule has 0 aliphatic heterocycles. The number of aromatic nitrogens is 1. The fourth-order valence-electron chi connectivity index (χ4n) is 1.85. The zero-order valence-electron chi connectivity index (χ0n) is 13.4. The average Bonchev–Trinajstić information content (AvgIpc) is 3.05. The van der Waals surface area contributed by atoms with E-state index in [-0.39, 0.29) is 47.6 Å². The number of nitrogens with one attached hydrogen (secondary N) is 2. The standard InChI is InChI=1S/C14H11F7N4S.HI/c1-22-13(24-4-10-25-9(5-26-10)14(19,20)21)23-3-6-11(17)7(15)2-8(16)12(6)18;/h2,5H,3-4H2,1H3,(H2,22,23,24);1H. The summed E-state index contributed by atoms with van der Waals surface area (Å²) in [4.78, 5) is 7.08. The molecule has 27 heavy (non-hydrogen) atoms. The first-order valence-electron chi connectivity index (χ1n) is 6.91. The zero-order chi connectivity index (χ0) is 19.5. The maximum Gasteiger partial charge on any atom is 0.434 e. The van der Waals surface area contributed by atoms with Gasteiger partial charge in [0.25, 0.3) is 0 Å². The molecule has 0 amide bonds. The van der Waals surface area contributed by atoms with Crippen LogP contribution in [0.2, 0.25) is 0 Å². The van der Waals surface area contributed by atoms with Gasteiger partial charge in [-0.3, -0.25) is 4.99 Å². The minimum Gasteiger partial charge on any atom is -0.352 e. The molecule has 0 fully saturated rings. The molecule has 1 heterocycles. The van der Waals surface area contributed by atoms with Gasteiger partial charge >= 0.3 is 6.18 Å². The second-order valence-electron chi connectivity index (χ2n) is 4.85. The highest BCUT2D eigenvalue weighted by atomic mass is 127. The molecule has 2 rings (SSSR count). The van der Waals surface area contributed by atoms with Crippen molar-refractivity contribution in [2.75, 3.05) is 7.05 Å². The molecule has 0 bridgehead atoms. The molecular formula is C14H12F7IN4S. The minimum atomic E-state index is -4.56. The van der Waals surface area contributed by atoms with Crippen molar-refractivity contribution in [1.29, 1.82) is 0 Å². The van der Waals surface area contributed by atoms with E-state index < -0.39 is 47.2 Å². The van der Waals surface area contributed by atoms with Crippen LogP contribution in [0.1, 0.15) is 16.3 Å². The van der Waals surface area contributed by atoms with E-state index in [0.717, 1.165) is 16.7 Å². The van der Waals surface area contributed by atoms with Crippen LogP contribution in [-0.2, 0) is 19.3 Å². The second-order valence-corrected chi connectivity index (χ2v) is 5.79. The first-order chi connectivity index (χ1) is 12.1. The molecule has 0 aliphatic carbocycles. The third-order valence-corrected chi connectivity index (χ3v) is 3.96. The summed E-state index contributed by atoms with van der Waals surface area (Å²) in [6.07, 6.45) is -4.56. The highest BCUT2D eigenvalue weighted by Crippen LogP contribution is 2.29. The number of aliphatic imine (C=N–C) groups is 1. The van der Waals surface area contributed by atoms with Gasteiger partial charge in [-0.25, -0.2) is 22.5 Å². The summed E-state index contributed by atoms with van der Waals surface area (Å²) in [6, 6.07) is 0.0853. The van der Waals surface area contributed by atoms with E-state index in [1.807, 2.05) is 0 Å². The molecule has 1 aromatic heterocycles. The molecule has 0 radical (unpaired) electrons. The van der Waals surface area contributed by atoms with Gasteiger partial charge in [0.05, 0.1) is 6.54 Å². The molecule has 0 unspecified atom stereocenters. The van der Waals surface area contributed by atoms with Crippen LogP contribution < -0.4 is 10.6 Å². The van der Waals surface area contributed by atoms with Gasteiger partial charge in [0.1, 0.15) is 5.01 Å². The quantitative estimate of drug-likeness (QED) is 0.206. The van der Waals surface area contributed by atoms with E-state index in [0.29, 0.717) is 0 Å². The molecule has 0 saturated heterocycles. The Morgan fingerprint density at radius 3 is 2.11 bits per heavy atom. The highest BCUT2D eigenvalue weighted by molar-refractivity contribution is 14.0. The van der Waals surface area contributed by atoms with Crippen molar-refractivity contribution in [3.05, 3.63) is 51.0 Å². The molecule has 4 nitrogen and oxygen atoms in total. The van der Waals surface area contributed by atoms with Crippen molar-refractivity contribution in [2.45, 2.75) is 19.3 Å². The number of benzene rings is 1. The molecule has 1 aromatic carbocycles. The maximum absolute atomic E-state index is 13.6. The number of hydrogen-bond donors (Lipinski definition) is 2. The Balaban J connectivity index is 0.00000364. The van der Waals surface area contributed by atoms with Gasteiger partial charge in [0, 0.05) is 30.6 Å². The average molecular weight is 528 g/mol. The third kappa shape index (κ3) is 5.92. The van der Waals surface area contributed by atoms with E-state index in [1.54, 1.807) is 0 Å². The Hall–Kier alpha value is -1.64. The smallest absolute Gasteiger partial charge is 0.352 e. The summed E-state index contributed by atoms with van der Waals surface area (Å²) in [6.45, 7) is -0.791. The molecule has 0 atom stereocenters. The van der Waals surface area contributed by atoms with Gasteiger partial charge in [-0.2, -0.15) is 13.2 Å². The number of alkyl halides is 3. The zero-order valence-corrected chi connectivity index (χ0v) is 16.6. The Labute approximate surface area is 169 Å². The monoisotopic (exact) mass is 528 g/mol. The molecule has 150 valence electrons. The Morgan fingerprint density at radius 2 is 1.63 bits per heavy atom. The first kappa shape index (κ1) is 23.4. The van der Waals surface area contributed by atoms with Crippen molar-refractivity contribution in [3.8, 4) is 0 Å². The topological polar surface area (TPSA) is 49.3 Å². The molecule has 0 saturated carbocycles. The predicted molar refractivity (Wildman–Crippen MR) is 95.8 cm³/mol. The van der Waals surface area contributed by atoms with Gasteiger partial charge in [0.15, 0.2) is 34.9 Å². The summed E-state index contributed by atoms with van der Waals surface area (Å²) in [7, 11) is 1.29. The van der Waals surface area contributed by atoms with E-state index in [2.05, 4.69) is 20.6 Å². The van der Waals surface area contributed by atoms with Crippen molar-refractivity contribution >= 4 is 41.3 Å². The molecule has 2 aromatic rings. The summed E-state index contributed by atoms with van der Waals surface area (Å²) in [5.41, 5.74) is -1.92. The third-order valence-electron chi connectivity index (χ3n) is 3.11. The lowest BCUT2D eigenvalue weighted by atomic mass is 10.2. The Kier molecular flexibility index (Phi) is 8.25. The summed E-state index contributed by atoms with van der Waals surface area (Å²) >= 11 is 0.757. The van der Waals surface area contributed by atoms with Crippen LogP contribution in [0.5, 0.6) is 0 Å². The van der Waals surface area contributed by atoms with Gasteiger partial charge in [0.2, 0.25) is 0 Å². The maximum atomic E-state index is 13.6. The van der Waals surface area contributed by atoms with Crippen LogP contribution in [0.15, 0.2) is 16.4 Å². The van der Waals surface area contributed by atoms with Crippen LogP contribution in [0.4, 0.5) is 30.7 Å². The van der Waals surface area contributed by atoms with Crippen LogP contribution >= 0.6 is 35.3 Å². The Morgan fingerprint density at radius 1 is 1.07 bits per heavy atom. The molecule has 0 spiro atoms. The number of guanidine groups is 1. The fourth-order valence-corrected chi connectivity index (χ4v) is 2.59. The number of thiazole rings is 1. The minimum absolute atomic E-state index is 0. The molecule has 0 aliphatic rings. The van der Waals surface area contributed by atoms with Gasteiger partial charge < -0.3 is 10.6 Å². The Bertz CT molecular complexity index is 796. The second kappa shape index (κ2) is 9.52. The molecule has 2 N–H and O–H groups in total. The van der Waals surface area contributed by atoms with Crippen LogP contribution in [0, 0.1) is 23.3 Å². The van der Waals surface area contributed by atoms with Crippen molar-refractivity contribution < 1.29 is 30.7 Å². The molecular weight excluding hydrogens is 516 g/mol. The number of halogens is 8. The molecule has 13 heteroatoms. The fraction of sp³-hybridized carbons (Fsp3) is 0.286. The van der Waals surface area contributed by atoms with Gasteiger partial charge in [-0.05, 0) is 0 Å². The highest BCUT2D eigenvalue weighted by Gasteiger charge is 2.33. The number of rotatable bonds is 4. The summed E-state index contributed by atoms with van der Waals surface area (Å²) in [5, 5.41) is 5.92. The lowest BCUT2D eigenvalue weighted by Crippen LogP contribution is -2.36. The summed E-state index contributed by atoms with van der Waals surface area (Å²) in [5.74, 6) is -6.27. The van der Waals surface area contributed by atoms with Gasteiger partial charge in [-0.15, -0.1) is 35.3 Å². The van der Waals surface area contributed by atoms with E-state index in [4.69, 9.17) is 0 Å². The SMILES string of the molecule is CN=C(NCc1nc(C(F)(F)F)cs1)NCc1c(F)c(F)cc(F)c1F.I. The van der Waals surface area contributed by atoms with Crippen molar-refractivity contribution in [2.24, 2.45) is 4.99 Å². The van der Waals surface area contributed by atoms with Crippen molar-refractivity contribution in [3.63, 3.8) is 0 Å². The van der Waals surface area contributed by atoms with Crippen molar-refractivity contribution in [1.82, 2.24) is 15.6 Å². The number of nitrogens with zero attached hydrogens (tertiary/aromatic N) is 2. The van der Waals surface area contributed by atoms with E-state index in [1.165, 1.54) is 7.05 Å². The lowest BCUT2D eigenvalue weighted by Gasteiger charge is -2.12. The predicted octanol–water partition coefficient (Wildman–Crippen LogP) is 4.20. The normalized spacial score (nSPS) is 11.9. The summed E-state index contributed by atoms with van der Waals surface area (Å²) < 4.78 is 90.8. The van der Waals surface area contributed by atoms with Crippen LogP contribution in [0.3, 0.4) is 0 Å². The van der Waals surface area contributed by atoms with E-state index >= 15 is 0 Å².